The molecule has 0 saturated heterocycles. The Morgan fingerprint density at radius 2 is 1.55 bits per heavy atom. The second kappa shape index (κ2) is 9.57. The molecule has 0 bridgehead atoms. The van der Waals surface area contributed by atoms with Crippen LogP contribution in [0.25, 0.3) is 11.1 Å². The third-order valence-electron chi connectivity index (χ3n) is 4.67. The molecule has 9 heteroatoms. The summed E-state index contributed by atoms with van der Waals surface area (Å²) in [4.78, 5) is 18.7. The van der Waals surface area contributed by atoms with E-state index in [0.717, 1.165) is 22.7 Å². The molecule has 0 spiro atoms. The van der Waals surface area contributed by atoms with Crippen molar-refractivity contribution in [1.82, 2.24) is 14.3 Å². The normalized spacial score (nSPS) is 11.7. The minimum Gasteiger partial charge on any atom is -0.337 e. The molecular formula is C22H26N4O3S2. The molecule has 31 heavy (non-hydrogen) atoms. The van der Waals surface area contributed by atoms with E-state index in [9.17, 15) is 13.2 Å². The van der Waals surface area contributed by atoms with Gasteiger partial charge in [0.05, 0.1) is 11.3 Å². The van der Waals surface area contributed by atoms with E-state index < -0.39 is 10.0 Å². The number of nitrogens with one attached hydrogen (secondary N) is 1. The SMILES string of the molecule is CC(C)N(C(=O)Cc1nsc(NS(=O)(=O)c2ccc(-c3ccccc3)cc2)n1)C(C)C. The van der Waals surface area contributed by atoms with Crippen molar-refractivity contribution in [3.63, 3.8) is 0 Å². The summed E-state index contributed by atoms with van der Waals surface area (Å²) in [6.45, 7) is 7.81. The summed E-state index contributed by atoms with van der Waals surface area (Å²) in [7, 11) is -3.81. The van der Waals surface area contributed by atoms with Crippen molar-refractivity contribution in [3.8, 4) is 11.1 Å². The Morgan fingerprint density at radius 3 is 2.13 bits per heavy atom. The van der Waals surface area contributed by atoms with Crippen LogP contribution in [-0.4, -0.2) is 40.7 Å². The van der Waals surface area contributed by atoms with Crippen molar-refractivity contribution < 1.29 is 13.2 Å². The lowest BCUT2D eigenvalue weighted by Crippen LogP contribution is -2.43. The molecule has 1 aromatic heterocycles. The van der Waals surface area contributed by atoms with Gasteiger partial charge in [0.25, 0.3) is 10.0 Å². The number of sulfonamides is 1. The van der Waals surface area contributed by atoms with Gasteiger partial charge in [-0.1, -0.05) is 42.5 Å². The number of hydrogen-bond acceptors (Lipinski definition) is 6. The van der Waals surface area contributed by atoms with Crippen LogP contribution in [0.2, 0.25) is 0 Å². The number of carbonyl (C=O) groups is 1. The van der Waals surface area contributed by atoms with Crippen LogP contribution in [0, 0.1) is 0 Å². The summed E-state index contributed by atoms with van der Waals surface area (Å²) in [6, 6.07) is 16.5. The predicted molar refractivity (Wildman–Crippen MR) is 123 cm³/mol. The largest absolute Gasteiger partial charge is 0.337 e. The van der Waals surface area contributed by atoms with Crippen molar-refractivity contribution in [2.45, 2.75) is 51.1 Å². The van der Waals surface area contributed by atoms with E-state index >= 15 is 0 Å². The van der Waals surface area contributed by atoms with E-state index in [1.165, 1.54) is 0 Å². The molecule has 0 aliphatic rings. The minimum absolute atomic E-state index is 0.0281. The van der Waals surface area contributed by atoms with Crippen molar-refractivity contribution in [2.75, 3.05) is 4.72 Å². The molecule has 0 radical (unpaired) electrons. The van der Waals surface area contributed by atoms with Gasteiger partial charge in [-0.05, 0) is 51.0 Å². The highest BCUT2D eigenvalue weighted by Gasteiger charge is 2.23. The lowest BCUT2D eigenvalue weighted by molar-refractivity contribution is -0.134. The Hall–Kier alpha value is -2.78. The summed E-state index contributed by atoms with van der Waals surface area (Å²) >= 11 is 0.919. The molecule has 1 amide bonds. The number of benzene rings is 2. The minimum atomic E-state index is -3.81. The summed E-state index contributed by atoms with van der Waals surface area (Å²) in [6.07, 6.45) is 0.0281. The maximum Gasteiger partial charge on any atom is 0.263 e. The topological polar surface area (TPSA) is 92.3 Å². The molecule has 1 heterocycles. The Bertz CT molecular complexity index is 1120. The first-order chi connectivity index (χ1) is 14.7. The van der Waals surface area contributed by atoms with Crippen LogP contribution in [-0.2, 0) is 21.2 Å². The highest BCUT2D eigenvalue weighted by Crippen LogP contribution is 2.23. The molecule has 7 nitrogen and oxygen atoms in total. The first kappa shape index (κ1) is 22.9. The molecule has 0 aliphatic carbocycles. The fourth-order valence-electron chi connectivity index (χ4n) is 3.40. The van der Waals surface area contributed by atoms with Crippen LogP contribution in [0.3, 0.4) is 0 Å². The zero-order valence-corrected chi connectivity index (χ0v) is 19.6. The summed E-state index contributed by atoms with van der Waals surface area (Å²) in [5, 5.41) is 0.135. The van der Waals surface area contributed by atoms with Gasteiger partial charge in [-0.2, -0.15) is 4.37 Å². The molecule has 3 rings (SSSR count). The van der Waals surface area contributed by atoms with Crippen LogP contribution >= 0.6 is 11.5 Å². The molecule has 0 atom stereocenters. The highest BCUT2D eigenvalue weighted by atomic mass is 32.2. The van der Waals surface area contributed by atoms with E-state index in [4.69, 9.17) is 0 Å². The van der Waals surface area contributed by atoms with Crippen molar-refractivity contribution >= 4 is 32.6 Å². The molecule has 3 aromatic rings. The number of aromatic nitrogens is 2. The smallest absolute Gasteiger partial charge is 0.263 e. The Kier molecular flexibility index (Phi) is 7.07. The molecular weight excluding hydrogens is 432 g/mol. The van der Waals surface area contributed by atoms with E-state index in [0.29, 0.717) is 5.82 Å². The lowest BCUT2D eigenvalue weighted by atomic mass is 10.1. The predicted octanol–water partition coefficient (Wildman–Crippen LogP) is 4.19. The van der Waals surface area contributed by atoms with Gasteiger partial charge in [0, 0.05) is 23.6 Å². The van der Waals surface area contributed by atoms with Crippen LogP contribution in [0.15, 0.2) is 59.5 Å². The van der Waals surface area contributed by atoms with Gasteiger partial charge < -0.3 is 4.90 Å². The first-order valence-corrected chi connectivity index (χ1v) is 12.2. The van der Waals surface area contributed by atoms with Gasteiger partial charge in [0.2, 0.25) is 11.0 Å². The summed E-state index contributed by atoms with van der Waals surface area (Å²) < 4.78 is 32.0. The Morgan fingerprint density at radius 1 is 0.968 bits per heavy atom. The highest BCUT2D eigenvalue weighted by molar-refractivity contribution is 7.93. The number of hydrogen-bond donors (Lipinski definition) is 1. The molecule has 2 aromatic carbocycles. The van der Waals surface area contributed by atoms with E-state index in [2.05, 4.69) is 14.1 Å². The zero-order valence-electron chi connectivity index (χ0n) is 17.9. The quantitative estimate of drug-likeness (QED) is 0.546. The van der Waals surface area contributed by atoms with Crippen molar-refractivity contribution in [2.24, 2.45) is 0 Å². The molecule has 1 N–H and O–H groups in total. The molecule has 0 saturated carbocycles. The average Bonchev–Trinajstić information content (AvgIpc) is 3.14. The van der Waals surface area contributed by atoms with Crippen LogP contribution < -0.4 is 4.72 Å². The zero-order chi connectivity index (χ0) is 22.6. The number of rotatable bonds is 8. The van der Waals surface area contributed by atoms with E-state index in [-0.39, 0.29) is 34.4 Å². The summed E-state index contributed by atoms with van der Waals surface area (Å²) in [5.41, 5.74) is 1.94. The monoisotopic (exact) mass is 458 g/mol. The number of nitrogens with zero attached hydrogens (tertiary/aromatic N) is 3. The van der Waals surface area contributed by atoms with Crippen LogP contribution in [0.5, 0.6) is 0 Å². The second-order valence-corrected chi connectivity index (χ2v) is 10.1. The number of carbonyl (C=O) groups excluding carboxylic acids is 1. The van der Waals surface area contributed by atoms with Crippen LogP contribution in [0.4, 0.5) is 5.13 Å². The first-order valence-electron chi connectivity index (χ1n) is 9.99. The third kappa shape index (κ3) is 5.68. The third-order valence-corrected chi connectivity index (χ3v) is 6.82. The Labute approximate surface area is 187 Å². The maximum atomic E-state index is 12.7. The standard InChI is InChI=1S/C22H26N4O3S2/c1-15(2)26(16(3)4)21(27)14-20-23-22(30-24-20)25-31(28,29)19-12-10-18(11-13-19)17-8-6-5-7-9-17/h5-13,15-16H,14H2,1-4H3,(H,23,24,25). The van der Waals surface area contributed by atoms with Gasteiger partial charge in [0.15, 0.2) is 5.82 Å². The maximum absolute atomic E-state index is 12.7. The fourth-order valence-corrected chi connectivity index (χ4v) is 5.21. The number of amides is 1. The second-order valence-electron chi connectivity index (χ2n) is 7.68. The molecule has 164 valence electrons. The molecule has 0 fully saturated rings. The Balaban J connectivity index is 1.70. The van der Waals surface area contributed by atoms with Gasteiger partial charge in [-0.15, -0.1) is 0 Å². The fraction of sp³-hybridized carbons (Fsp3) is 0.318. The average molecular weight is 459 g/mol. The lowest BCUT2D eigenvalue weighted by Gasteiger charge is -2.30. The van der Waals surface area contributed by atoms with Crippen molar-refractivity contribution in [1.29, 1.82) is 0 Å². The van der Waals surface area contributed by atoms with E-state index in [1.807, 2.05) is 58.0 Å². The summed E-state index contributed by atoms with van der Waals surface area (Å²) in [5.74, 6) is 0.215. The van der Waals surface area contributed by atoms with Gasteiger partial charge >= 0.3 is 0 Å². The van der Waals surface area contributed by atoms with Crippen LogP contribution in [0.1, 0.15) is 33.5 Å². The molecule has 0 aliphatic heterocycles. The van der Waals surface area contributed by atoms with Crippen molar-refractivity contribution in [3.05, 3.63) is 60.4 Å². The molecule has 0 unspecified atom stereocenters. The van der Waals surface area contributed by atoms with E-state index in [1.54, 1.807) is 29.2 Å². The number of anilines is 1. The van der Waals surface area contributed by atoms with Gasteiger partial charge in [0.1, 0.15) is 0 Å². The van der Waals surface area contributed by atoms with Gasteiger partial charge in [-0.25, -0.2) is 13.4 Å². The van der Waals surface area contributed by atoms with Gasteiger partial charge in [-0.3, -0.25) is 9.52 Å².